The molecule has 2 heterocycles. The van der Waals surface area contributed by atoms with E-state index in [1.165, 1.54) is 42.1 Å². The summed E-state index contributed by atoms with van der Waals surface area (Å²) in [5.74, 6) is 0.569. The normalized spacial score (nSPS) is 11.8. The van der Waals surface area contributed by atoms with Crippen molar-refractivity contribution in [3.8, 4) is 17.1 Å². The quantitative estimate of drug-likeness (QED) is 0.145. The number of nitrogens with zero attached hydrogens (tertiary/aromatic N) is 4. The summed E-state index contributed by atoms with van der Waals surface area (Å²) in [5, 5.41) is 1.63. The Bertz CT molecular complexity index is 2000. The van der Waals surface area contributed by atoms with Gasteiger partial charge in [-0.05, 0) is 30.3 Å². The first kappa shape index (κ1) is 27.3. The van der Waals surface area contributed by atoms with Crippen molar-refractivity contribution in [2.24, 2.45) is 0 Å². The SMILES string of the molecule is O=c1c2cc(Cl)cc(Cl)c2nc(CSc2nc(-c3ccccc3)nc3ccccc23)n1-c1ccccc1C(F)(F)F. The van der Waals surface area contributed by atoms with Gasteiger partial charge in [0, 0.05) is 16.0 Å². The molecule has 0 atom stereocenters. The van der Waals surface area contributed by atoms with Gasteiger partial charge in [-0.2, -0.15) is 13.2 Å². The summed E-state index contributed by atoms with van der Waals surface area (Å²) in [6, 6.07) is 24.5. The van der Waals surface area contributed by atoms with E-state index in [-0.39, 0.29) is 38.2 Å². The summed E-state index contributed by atoms with van der Waals surface area (Å²) in [6.45, 7) is 0. The molecular weight excluding hydrogens is 592 g/mol. The van der Waals surface area contributed by atoms with Crippen molar-refractivity contribution in [2.45, 2.75) is 17.0 Å². The van der Waals surface area contributed by atoms with Gasteiger partial charge >= 0.3 is 6.18 Å². The molecule has 5 nitrogen and oxygen atoms in total. The molecule has 0 fully saturated rings. The van der Waals surface area contributed by atoms with Crippen molar-refractivity contribution in [1.29, 1.82) is 0 Å². The maximum absolute atomic E-state index is 14.1. The first-order valence-electron chi connectivity index (χ1n) is 12.2. The van der Waals surface area contributed by atoms with Gasteiger partial charge in [0.2, 0.25) is 0 Å². The Labute approximate surface area is 245 Å². The molecule has 0 aliphatic rings. The number of fused-ring (bicyclic) bond motifs is 2. The zero-order chi connectivity index (χ0) is 28.7. The third kappa shape index (κ3) is 5.28. The average Bonchev–Trinajstić information content (AvgIpc) is 2.96. The number of hydrogen-bond acceptors (Lipinski definition) is 5. The van der Waals surface area contributed by atoms with E-state index in [2.05, 4.69) is 9.97 Å². The Morgan fingerprint density at radius 1 is 0.805 bits per heavy atom. The van der Waals surface area contributed by atoms with E-state index in [1.807, 2.05) is 54.6 Å². The van der Waals surface area contributed by atoms with Crippen molar-refractivity contribution in [2.75, 3.05) is 0 Å². The smallest absolute Gasteiger partial charge is 0.268 e. The summed E-state index contributed by atoms with van der Waals surface area (Å²) >= 11 is 13.8. The third-order valence-corrected chi connectivity index (χ3v) is 7.84. The number of alkyl halides is 3. The van der Waals surface area contributed by atoms with E-state index in [1.54, 1.807) is 0 Å². The minimum atomic E-state index is -4.71. The molecule has 0 spiro atoms. The van der Waals surface area contributed by atoms with Gasteiger partial charge in [0.05, 0.1) is 38.4 Å². The van der Waals surface area contributed by atoms with Gasteiger partial charge in [0.25, 0.3) is 5.56 Å². The molecule has 0 aliphatic carbocycles. The molecule has 41 heavy (non-hydrogen) atoms. The lowest BCUT2D eigenvalue weighted by molar-refractivity contribution is -0.137. The second kappa shape index (κ2) is 10.8. The molecule has 0 bridgehead atoms. The second-order valence-electron chi connectivity index (χ2n) is 8.99. The molecule has 0 radical (unpaired) electrons. The van der Waals surface area contributed by atoms with E-state index >= 15 is 0 Å². The molecule has 6 aromatic rings. The van der Waals surface area contributed by atoms with E-state index < -0.39 is 17.3 Å². The molecule has 0 saturated heterocycles. The van der Waals surface area contributed by atoms with Gasteiger partial charge in [-0.3, -0.25) is 9.36 Å². The number of aromatic nitrogens is 4. The molecular formula is C30H17Cl2F3N4OS. The van der Waals surface area contributed by atoms with Crippen molar-refractivity contribution in [3.63, 3.8) is 0 Å². The number of halogens is 5. The minimum Gasteiger partial charge on any atom is -0.268 e. The standard InChI is InChI=1S/C30H17Cl2F3N4OS/c31-18-14-20-26(22(32)15-18)37-25(39(29(20)40)24-13-7-5-11-21(24)30(33,34)35)16-41-28-19-10-4-6-12-23(19)36-27(38-28)17-8-2-1-3-9-17/h1-15H,16H2. The fraction of sp³-hybridized carbons (Fsp3) is 0.0667. The molecule has 204 valence electrons. The van der Waals surface area contributed by atoms with Crippen molar-refractivity contribution in [1.82, 2.24) is 19.5 Å². The first-order chi connectivity index (χ1) is 19.7. The molecule has 11 heteroatoms. The Morgan fingerprint density at radius 2 is 1.51 bits per heavy atom. The molecule has 0 aliphatic heterocycles. The summed E-state index contributed by atoms with van der Waals surface area (Å²) in [6.07, 6.45) is -4.71. The van der Waals surface area contributed by atoms with Gasteiger partial charge in [-0.1, -0.05) is 95.6 Å². The van der Waals surface area contributed by atoms with Crippen molar-refractivity contribution < 1.29 is 13.2 Å². The maximum Gasteiger partial charge on any atom is 0.418 e. The highest BCUT2D eigenvalue weighted by atomic mass is 35.5. The highest BCUT2D eigenvalue weighted by molar-refractivity contribution is 7.98. The van der Waals surface area contributed by atoms with Gasteiger partial charge in [0.15, 0.2) is 5.82 Å². The van der Waals surface area contributed by atoms with Crippen LogP contribution in [0, 0.1) is 0 Å². The summed E-state index contributed by atoms with van der Waals surface area (Å²) in [4.78, 5) is 27.9. The molecule has 0 saturated carbocycles. The van der Waals surface area contributed by atoms with Gasteiger partial charge in [-0.15, -0.1) is 0 Å². The second-order valence-corrected chi connectivity index (χ2v) is 10.8. The van der Waals surface area contributed by atoms with Crippen LogP contribution in [0.25, 0.3) is 38.9 Å². The predicted molar refractivity (Wildman–Crippen MR) is 157 cm³/mol. The fourth-order valence-corrected chi connectivity index (χ4v) is 5.99. The van der Waals surface area contributed by atoms with Crippen molar-refractivity contribution >= 4 is 56.8 Å². The zero-order valence-electron chi connectivity index (χ0n) is 20.9. The topological polar surface area (TPSA) is 60.7 Å². The number of para-hydroxylation sites is 2. The number of rotatable bonds is 5. The number of thioether (sulfide) groups is 1. The molecule has 0 N–H and O–H groups in total. The Balaban J connectivity index is 1.54. The van der Waals surface area contributed by atoms with E-state index in [4.69, 9.17) is 28.2 Å². The fourth-order valence-electron chi connectivity index (χ4n) is 4.52. The lowest BCUT2D eigenvalue weighted by atomic mass is 10.1. The summed E-state index contributed by atoms with van der Waals surface area (Å²) in [7, 11) is 0. The van der Waals surface area contributed by atoms with E-state index in [0.29, 0.717) is 16.4 Å². The Hall–Kier alpha value is -3.92. The van der Waals surface area contributed by atoms with Crippen LogP contribution in [-0.4, -0.2) is 19.5 Å². The van der Waals surface area contributed by atoms with Crippen LogP contribution >= 0.6 is 35.0 Å². The Kier molecular flexibility index (Phi) is 7.19. The highest BCUT2D eigenvalue weighted by Gasteiger charge is 2.34. The molecule has 4 aromatic carbocycles. The van der Waals surface area contributed by atoms with Gasteiger partial charge < -0.3 is 0 Å². The lowest BCUT2D eigenvalue weighted by Gasteiger charge is -2.18. The zero-order valence-corrected chi connectivity index (χ0v) is 23.2. The molecule has 0 amide bonds. The Morgan fingerprint density at radius 3 is 2.29 bits per heavy atom. The van der Waals surface area contributed by atoms with Crippen LogP contribution in [0.15, 0.2) is 101 Å². The average molecular weight is 609 g/mol. The van der Waals surface area contributed by atoms with Crippen LogP contribution in [0.4, 0.5) is 13.2 Å². The molecule has 2 aromatic heterocycles. The summed E-state index contributed by atoms with van der Waals surface area (Å²) in [5.41, 5.74) is -0.374. The first-order valence-corrected chi connectivity index (χ1v) is 14.0. The van der Waals surface area contributed by atoms with Crippen LogP contribution in [0.1, 0.15) is 11.4 Å². The number of hydrogen-bond donors (Lipinski definition) is 0. The van der Waals surface area contributed by atoms with Gasteiger partial charge in [-0.25, -0.2) is 15.0 Å². The van der Waals surface area contributed by atoms with E-state index in [0.717, 1.165) is 21.6 Å². The lowest BCUT2D eigenvalue weighted by Crippen LogP contribution is -2.26. The van der Waals surface area contributed by atoms with Crippen LogP contribution in [-0.2, 0) is 11.9 Å². The summed E-state index contributed by atoms with van der Waals surface area (Å²) < 4.78 is 43.2. The van der Waals surface area contributed by atoms with Crippen LogP contribution in [0.3, 0.4) is 0 Å². The largest absolute Gasteiger partial charge is 0.418 e. The monoisotopic (exact) mass is 608 g/mol. The van der Waals surface area contributed by atoms with Crippen LogP contribution in [0.5, 0.6) is 0 Å². The van der Waals surface area contributed by atoms with Crippen LogP contribution in [0.2, 0.25) is 10.0 Å². The molecule has 0 unspecified atom stereocenters. The minimum absolute atomic E-state index is 0.00552. The number of benzene rings is 4. The van der Waals surface area contributed by atoms with Crippen LogP contribution < -0.4 is 5.56 Å². The maximum atomic E-state index is 14.1. The van der Waals surface area contributed by atoms with E-state index in [9.17, 15) is 18.0 Å². The third-order valence-electron chi connectivity index (χ3n) is 6.35. The van der Waals surface area contributed by atoms with Gasteiger partial charge in [0.1, 0.15) is 10.9 Å². The highest BCUT2D eigenvalue weighted by Crippen LogP contribution is 2.36. The molecule has 6 rings (SSSR count). The predicted octanol–water partition coefficient (Wildman–Crippen LogP) is 8.61. The van der Waals surface area contributed by atoms with Crippen molar-refractivity contribution in [3.05, 3.63) is 123 Å².